The van der Waals surface area contributed by atoms with Gasteiger partial charge in [-0.25, -0.2) is 0 Å². The summed E-state index contributed by atoms with van der Waals surface area (Å²) in [4.78, 5) is 35.8. The van der Waals surface area contributed by atoms with E-state index in [4.69, 9.17) is 0 Å². The summed E-state index contributed by atoms with van der Waals surface area (Å²) in [6, 6.07) is 15.5. The first kappa shape index (κ1) is 19.5. The smallest absolute Gasteiger partial charge is 0.296 e. The van der Waals surface area contributed by atoms with Crippen molar-refractivity contribution < 1.29 is 14.7 Å². The van der Waals surface area contributed by atoms with Crippen LogP contribution in [0.2, 0.25) is 0 Å². The van der Waals surface area contributed by atoms with Crippen molar-refractivity contribution in [2.24, 2.45) is 0 Å². The minimum Gasteiger partial charge on any atom is -0.507 e. The molecule has 3 heterocycles. The SMILES string of the molecule is CCc1ccc(/C(O)=C2\C(=O)C(=O)N(Cc3ccccn3)C2c2cccnc2)cc1. The summed E-state index contributed by atoms with van der Waals surface area (Å²) in [5.41, 5.74) is 2.98. The second-order valence-corrected chi connectivity index (χ2v) is 7.08. The molecule has 1 amide bonds. The maximum Gasteiger partial charge on any atom is 0.296 e. The Morgan fingerprint density at radius 3 is 2.47 bits per heavy atom. The number of aromatic nitrogens is 2. The van der Waals surface area contributed by atoms with Crippen LogP contribution in [0, 0.1) is 0 Å². The van der Waals surface area contributed by atoms with Gasteiger partial charge in [-0.05, 0) is 35.7 Å². The number of aliphatic hydroxyl groups is 1. The van der Waals surface area contributed by atoms with E-state index < -0.39 is 17.7 Å². The Kier molecular flexibility index (Phi) is 5.39. The number of hydrogen-bond acceptors (Lipinski definition) is 5. The molecule has 1 saturated heterocycles. The number of carbonyl (C=O) groups is 2. The van der Waals surface area contributed by atoms with E-state index in [1.165, 1.54) is 4.90 Å². The average Bonchev–Trinajstić information content (AvgIpc) is 3.05. The van der Waals surface area contributed by atoms with Crippen LogP contribution in [0.5, 0.6) is 0 Å². The molecule has 1 fully saturated rings. The second kappa shape index (κ2) is 8.29. The van der Waals surface area contributed by atoms with Crippen molar-refractivity contribution in [1.82, 2.24) is 14.9 Å². The zero-order valence-electron chi connectivity index (χ0n) is 16.5. The summed E-state index contributed by atoms with van der Waals surface area (Å²) < 4.78 is 0. The molecular formula is C24H21N3O3. The number of Topliss-reactive ketones (excluding diaryl/α,β-unsaturated/α-hetero) is 1. The van der Waals surface area contributed by atoms with Gasteiger partial charge in [-0.15, -0.1) is 0 Å². The molecule has 1 aliphatic heterocycles. The summed E-state index contributed by atoms with van der Waals surface area (Å²) in [5.74, 6) is -1.56. The standard InChI is InChI=1S/C24H21N3O3/c1-2-16-8-10-17(11-9-16)22(28)20-21(18-6-5-12-25-14-18)27(24(30)23(20)29)15-19-7-3-4-13-26-19/h3-14,21,28H,2,15H2,1H3/b22-20+. The molecule has 1 atom stereocenters. The number of likely N-dealkylation sites (tertiary alicyclic amines) is 1. The molecule has 0 bridgehead atoms. The molecule has 1 unspecified atom stereocenters. The zero-order chi connectivity index (χ0) is 21.1. The van der Waals surface area contributed by atoms with E-state index >= 15 is 0 Å². The van der Waals surface area contributed by atoms with Gasteiger partial charge in [0.05, 0.1) is 23.9 Å². The van der Waals surface area contributed by atoms with E-state index in [1.54, 1.807) is 55.0 Å². The minimum absolute atomic E-state index is 0.0631. The van der Waals surface area contributed by atoms with Crippen LogP contribution in [0.25, 0.3) is 5.76 Å². The van der Waals surface area contributed by atoms with Crippen molar-refractivity contribution in [2.75, 3.05) is 0 Å². The maximum atomic E-state index is 13.0. The third-order valence-electron chi connectivity index (χ3n) is 5.23. The molecule has 0 aliphatic carbocycles. The van der Waals surface area contributed by atoms with Crippen molar-refractivity contribution >= 4 is 17.4 Å². The summed E-state index contributed by atoms with van der Waals surface area (Å²) in [7, 11) is 0. The van der Waals surface area contributed by atoms with Crippen LogP contribution >= 0.6 is 0 Å². The van der Waals surface area contributed by atoms with E-state index in [0.717, 1.165) is 12.0 Å². The largest absolute Gasteiger partial charge is 0.507 e. The Bertz CT molecular complexity index is 1090. The highest BCUT2D eigenvalue weighted by Crippen LogP contribution is 2.39. The highest BCUT2D eigenvalue weighted by molar-refractivity contribution is 6.46. The van der Waals surface area contributed by atoms with E-state index in [2.05, 4.69) is 9.97 Å². The fourth-order valence-corrected chi connectivity index (χ4v) is 3.65. The Balaban J connectivity index is 1.83. The molecule has 3 aromatic rings. The Morgan fingerprint density at radius 2 is 1.83 bits per heavy atom. The van der Waals surface area contributed by atoms with Crippen LogP contribution in [0.4, 0.5) is 0 Å². The monoisotopic (exact) mass is 399 g/mol. The third-order valence-corrected chi connectivity index (χ3v) is 5.23. The van der Waals surface area contributed by atoms with Crippen LogP contribution in [-0.4, -0.2) is 31.7 Å². The van der Waals surface area contributed by atoms with Gasteiger partial charge in [0, 0.05) is 24.2 Å². The number of nitrogens with zero attached hydrogens (tertiary/aromatic N) is 3. The number of hydrogen-bond donors (Lipinski definition) is 1. The third kappa shape index (κ3) is 3.59. The van der Waals surface area contributed by atoms with E-state index in [0.29, 0.717) is 16.8 Å². The van der Waals surface area contributed by atoms with Crippen molar-refractivity contribution in [3.05, 3.63) is 101 Å². The van der Waals surface area contributed by atoms with Crippen molar-refractivity contribution in [1.29, 1.82) is 0 Å². The molecule has 1 aliphatic rings. The molecule has 0 saturated carbocycles. The Labute approximate surface area is 174 Å². The normalized spacial score (nSPS) is 18.0. The summed E-state index contributed by atoms with van der Waals surface area (Å²) in [6.07, 6.45) is 5.73. The molecule has 0 spiro atoms. The molecule has 30 heavy (non-hydrogen) atoms. The predicted molar refractivity (Wildman–Crippen MR) is 112 cm³/mol. The molecule has 0 radical (unpaired) electrons. The molecule has 150 valence electrons. The highest BCUT2D eigenvalue weighted by atomic mass is 16.3. The Morgan fingerprint density at radius 1 is 1.03 bits per heavy atom. The molecule has 6 nitrogen and oxygen atoms in total. The van der Waals surface area contributed by atoms with Crippen molar-refractivity contribution in [3.63, 3.8) is 0 Å². The maximum absolute atomic E-state index is 13.0. The van der Waals surface area contributed by atoms with Crippen LogP contribution in [0.1, 0.15) is 35.3 Å². The number of aliphatic hydroxyl groups excluding tert-OH is 1. The number of ketones is 1. The van der Waals surface area contributed by atoms with Crippen LogP contribution in [-0.2, 0) is 22.6 Å². The van der Waals surface area contributed by atoms with Crippen molar-refractivity contribution in [3.8, 4) is 0 Å². The summed E-state index contributed by atoms with van der Waals surface area (Å²) >= 11 is 0. The summed E-state index contributed by atoms with van der Waals surface area (Å²) in [5, 5.41) is 11.0. The lowest BCUT2D eigenvalue weighted by Gasteiger charge is -2.24. The van der Waals surface area contributed by atoms with Gasteiger partial charge in [0.15, 0.2) is 0 Å². The first-order valence-corrected chi connectivity index (χ1v) is 9.77. The van der Waals surface area contributed by atoms with E-state index in [-0.39, 0.29) is 17.9 Å². The lowest BCUT2D eigenvalue weighted by Crippen LogP contribution is -2.29. The van der Waals surface area contributed by atoms with Crippen molar-refractivity contribution in [2.45, 2.75) is 25.9 Å². The number of rotatable bonds is 5. The second-order valence-electron chi connectivity index (χ2n) is 7.08. The fourth-order valence-electron chi connectivity index (χ4n) is 3.65. The topological polar surface area (TPSA) is 83.4 Å². The first-order valence-electron chi connectivity index (χ1n) is 9.77. The van der Waals surface area contributed by atoms with Gasteiger partial charge in [-0.3, -0.25) is 19.6 Å². The van der Waals surface area contributed by atoms with Gasteiger partial charge in [0.2, 0.25) is 0 Å². The van der Waals surface area contributed by atoms with E-state index in [9.17, 15) is 14.7 Å². The first-order chi connectivity index (χ1) is 14.6. The highest BCUT2D eigenvalue weighted by Gasteiger charge is 2.46. The van der Waals surface area contributed by atoms with Gasteiger partial charge >= 0.3 is 0 Å². The Hall–Kier alpha value is -3.80. The van der Waals surface area contributed by atoms with Gasteiger partial charge in [0.25, 0.3) is 11.7 Å². The van der Waals surface area contributed by atoms with Gasteiger partial charge in [-0.2, -0.15) is 0 Å². The lowest BCUT2D eigenvalue weighted by atomic mass is 9.96. The number of carbonyl (C=O) groups excluding carboxylic acids is 2. The summed E-state index contributed by atoms with van der Waals surface area (Å²) in [6.45, 7) is 2.19. The number of benzene rings is 1. The van der Waals surface area contributed by atoms with Crippen LogP contribution < -0.4 is 0 Å². The average molecular weight is 399 g/mol. The minimum atomic E-state index is -0.744. The van der Waals surface area contributed by atoms with Gasteiger partial charge in [-0.1, -0.05) is 43.3 Å². The molecule has 6 heteroatoms. The molecular weight excluding hydrogens is 378 g/mol. The number of aryl methyl sites for hydroxylation is 1. The van der Waals surface area contributed by atoms with Gasteiger partial charge in [0.1, 0.15) is 5.76 Å². The number of pyridine rings is 2. The fraction of sp³-hybridized carbons (Fsp3) is 0.167. The van der Waals surface area contributed by atoms with Crippen LogP contribution in [0.15, 0.2) is 78.8 Å². The molecule has 1 aromatic carbocycles. The van der Waals surface area contributed by atoms with Gasteiger partial charge < -0.3 is 10.0 Å². The number of amides is 1. The van der Waals surface area contributed by atoms with E-state index in [1.807, 2.05) is 25.1 Å². The zero-order valence-corrected chi connectivity index (χ0v) is 16.5. The molecule has 4 rings (SSSR count). The molecule has 2 aromatic heterocycles. The lowest BCUT2D eigenvalue weighted by molar-refractivity contribution is -0.140. The van der Waals surface area contributed by atoms with Crippen LogP contribution in [0.3, 0.4) is 0 Å². The quantitative estimate of drug-likeness (QED) is 0.402. The molecule has 1 N–H and O–H groups in total. The predicted octanol–water partition coefficient (Wildman–Crippen LogP) is 3.66.